The lowest BCUT2D eigenvalue weighted by Crippen LogP contribution is -2.34. The summed E-state index contributed by atoms with van der Waals surface area (Å²) in [7, 11) is 0. The third-order valence-electron chi connectivity index (χ3n) is 5.15. The molecule has 0 fully saturated rings. The number of fused-ring (bicyclic) bond motifs is 1. The van der Waals surface area contributed by atoms with Crippen molar-refractivity contribution in [2.24, 2.45) is 0 Å². The summed E-state index contributed by atoms with van der Waals surface area (Å²) >= 11 is 0. The van der Waals surface area contributed by atoms with Crippen molar-refractivity contribution < 1.29 is 14.3 Å². The molecule has 0 aliphatic heterocycles. The van der Waals surface area contributed by atoms with Crippen LogP contribution in [0, 0.1) is 13.8 Å². The maximum atomic E-state index is 12.3. The Hall–Kier alpha value is -2.56. The van der Waals surface area contributed by atoms with Crippen molar-refractivity contribution in [3.63, 3.8) is 0 Å². The third kappa shape index (κ3) is 3.66. The lowest BCUT2D eigenvalue weighted by atomic mass is 9.88. The fourth-order valence-corrected chi connectivity index (χ4v) is 3.84. The summed E-state index contributed by atoms with van der Waals surface area (Å²) in [5, 5.41) is 3.00. The highest BCUT2D eigenvalue weighted by Gasteiger charge is 2.22. The van der Waals surface area contributed by atoms with Crippen molar-refractivity contribution in [2.45, 2.75) is 52.6 Å². The van der Waals surface area contributed by atoms with Gasteiger partial charge < -0.3 is 14.6 Å². The van der Waals surface area contributed by atoms with Crippen molar-refractivity contribution in [3.8, 4) is 0 Å². The molecule has 0 unspecified atom stereocenters. The molecule has 1 N–H and O–H groups in total. The number of benzene rings is 1. The molecular formula is C21H26N2O3. The number of rotatable bonds is 5. The zero-order valence-corrected chi connectivity index (χ0v) is 15.7. The minimum Gasteiger partial charge on any atom is -0.452 e. The van der Waals surface area contributed by atoms with Crippen molar-refractivity contribution in [3.05, 3.63) is 58.4 Å². The zero-order chi connectivity index (χ0) is 18.7. The molecule has 0 spiro atoms. The minimum atomic E-state index is -0.447. The number of amides is 1. The van der Waals surface area contributed by atoms with Crippen LogP contribution in [0.25, 0.3) is 0 Å². The maximum Gasteiger partial charge on any atom is 0.340 e. The summed E-state index contributed by atoms with van der Waals surface area (Å²) in [5.41, 5.74) is 4.87. The van der Waals surface area contributed by atoms with Gasteiger partial charge in [0, 0.05) is 17.9 Å². The van der Waals surface area contributed by atoms with E-state index in [1.54, 1.807) is 0 Å². The molecule has 0 radical (unpaired) electrons. The number of ether oxygens (including phenoxy) is 1. The summed E-state index contributed by atoms with van der Waals surface area (Å²) in [4.78, 5) is 24.6. The van der Waals surface area contributed by atoms with Gasteiger partial charge in [-0.1, -0.05) is 24.3 Å². The van der Waals surface area contributed by atoms with E-state index in [-0.39, 0.29) is 18.6 Å². The SMILES string of the molecule is CCn1c(C)cc(C(=O)OCC(=O)N[C@H]2CCCc3ccccc32)c1C. The molecule has 138 valence electrons. The van der Waals surface area contributed by atoms with E-state index in [0.717, 1.165) is 37.2 Å². The van der Waals surface area contributed by atoms with Gasteiger partial charge in [0.2, 0.25) is 0 Å². The molecule has 1 aromatic heterocycles. The number of carbonyl (C=O) groups is 2. The monoisotopic (exact) mass is 354 g/mol. The Labute approximate surface area is 154 Å². The molecule has 5 nitrogen and oxygen atoms in total. The first kappa shape index (κ1) is 18.2. The molecule has 5 heteroatoms. The number of aryl methyl sites for hydroxylation is 2. The highest BCUT2D eigenvalue weighted by Crippen LogP contribution is 2.29. The van der Waals surface area contributed by atoms with Crippen LogP contribution < -0.4 is 5.32 Å². The van der Waals surface area contributed by atoms with Crippen molar-refractivity contribution in [1.29, 1.82) is 0 Å². The van der Waals surface area contributed by atoms with Gasteiger partial charge >= 0.3 is 5.97 Å². The van der Waals surface area contributed by atoms with Crippen LogP contribution in [-0.2, 0) is 22.5 Å². The molecule has 0 bridgehead atoms. The first-order valence-corrected chi connectivity index (χ1v) is 9.22. The molecule has 2 aromatic rings. The van der Waals surface area contributed by atoms with Crippen molar-refractivity contribution >= 4 is 11.9 Å². The Morgan fingerprint density at radius 3 is 2.77 bits per heavy atom. The Morgan fingerprint density at radius 1 is 1.27 bits per heavy atom. The van der Waals surface area contributed by atoms with E-state index in [9.17, 15) is 9.59 Å². The number of nitrogens with zero attached hydrogens (tertiary/aromatic N) is 1. The van der Waals surface area contributed by atoms with Gasteiger partial charge in [0.1, 0.15) is 0 Å². The van der Waals surface area contributed by atoms with Crippen molar-refractivity contribution in [1.82, 2.24) is 9.88 Å². The molecule has 0 saturated heterocycles. The summed E-state index contributed by atoms with van der Waals surface area (Å²) in [6.07, 6.45) is 3.00. The zero-order valence-electron chi connectivity index (χ0n) is 15.7. The average Bonchev–Trinajstić information content (AvgIpc) is 2.93. The van der Waals surface area contributed by atoms with Gasteiger partial charge in [-0.15, -0.1) is 0 Å². The molecule has 1 aliphatic rings. The fourth-order valence-electron chi connectivity index (χ4n) is 3.84. The van der Waals surface area contributed by atoms with Gasteiger partial charge in [-0.2, -0.15) is 0 Å². The lowest BCUT2D eigenvalue weighted by Gasteiger charge is -2.26. The molecule has 1 aromatic carbocycles. The van der Waals surface area contributed by atoms with E-state index < -0.39 is 5.97 Å². The number of nitrogens with one attached hydrogen (secondary N) is 1. The Kier molecular flexibility index (Phi) is 5.45. The number of aromatic nitrogens is 1. The van der Waals surface area contributed by atoms with Gasteiger partial charge in [0.05, 0.1) is 11.6 Å². The van der Waals surface area contributed by atoms with Crippen LogP contribution in [0.15, 0.2) is 30.3 Å². The number of hydrogen-bond donors (Lipinski definition) is 1. The van der Waals surface area contributed by atoms with Crippen LogP contribution in [-0.4, -0.2) is 23.1 Å². The highest BCUT2D eigenvalue weighted by atomic mass is 16.5. The summed E-state index contributed by atoms with van der Waals surface area (Å²) < 4.78 is 7.30. The van der Waals surface area contributed by atoms with E-state index in [2.05, 4.69) is 22.0 Å². The quantitative estimate of drug-likeness (QED) is 0.836. The Balaban J connectivity index is 1.59. The molecule has 3 rings (SSSR count). The summed E-state index contributed by atoms with van der Waals surface area (Å²) in [6.45, 7) is 6.43. The second kappa shape index (κ2) is 7.77. The molecular weight excluding hydrogens is 328 g/mol. The van der Waals surface area contributed by atoms with Crippen LogP contribution in [0.1, 0.15) is 58.7 Å². The molecule has 1 amide bonds. The number of carbonyl (C=O) groups excluding carboxylic acids is 2. The lowest BCUT2D eigenvalue weighted by molar-refractivity contribution is -0.125. The van der Waals surface area contributed by atoms with E-state index in [1.165, 1.54) is 11.1 Å². The fraction of sp³-hybridized carbons (Fsp3) is 0.429. The van der Waals surface area contributed by atoms with E-state index in [1.807, 2.05) is 39.0 Å². The van der Waals surface area contributed by atoms with Gasteiger partial charge in [-0.3, -0.25) is 4.79 Å². The summed E-state index contributed by atoms with van der Waals surface area (Å²) in [5.74, 6) is -0.707. The molecule has 1 atom stereocenters. The predicted octanol–water partition coefficient (Wildman–Crippen LogP) is 3.48. The van der Waals surface area contributed by atoms with Gasteiger partial charge in [0.25, 0.3) is 5.91 Å². The van der Waals surface area contributed by atoms with Crippen LogP contribution in [0.5, 0.6) is 0 Å². The van der Waals surface area contributed by atoms with Crippen LogP contribution >= 0.6 is 0 Å². The standard InChI is InChI=1S/C21H26N2O3/c1-4-23-14(2)12-18(15(23)3)21(25)26-13-20(24)22-19-11-7-9-16-8-5-6-10-17(16)19/h5-6,8,10,12,19H,4,7,9,11,13H2,1-3H3,(H,22,24)/t19-/m0/s1. The number of hydrogen-bond acceptors (Lipinski definition) is 3. The smallest absolute Gasteiger partial charge is 0.340 e. The second-order valence-electron chi connectivity index (χ2n) is 6.82. The average molecular weight is 354 g/mol. The van der Waals surface area contributed by atoms with E-state index in [0.29, 0.717) is 5.56 Å². The van der Waals surface area contributed by atoms with Crippen LogP contribution in [0.4, 0.5) is 0 Å². The predicted molar refractivity (Wildman–Crippen MR) is 100 cm³/mol. The molecule has 0 saturated carbocycles. The first-order chi connectivity index (χ1) is 12.5. The van der Waals surface area contributed by atoms with Gasteiger partial charge in [0.15, 0.2) is 6.61 Å². The largest absolute Gasteiger partial charge is 0.452 e. The van der Waals surface area contributed by atoms with E-state index in [4.69, 9.17) is 4.74 Å². The number of esters is 1. The second-order valence-corrected chi connectivity index (χ2v) is 6.82. The Bertz CT molecular complexity index is 823. The third-order valence-corrected chi connectivity index (χ3v) is 5.15. The van der Waals surface area contributed by atoms with E-state index >= 15 is 0 Å². The molecule has 1 aliphatic carbocycles. The Morgan fingerprint density at radius 2 is 2.04 bits per heavy atom. The molecule has 26 heavy (non-hydrogen) atoms. The van der Waals surface area contributed by atoms with Crippen LogP contribution in [0.3, 0.4) is 0 Å². The van der Waals surface area contributed by atoms with Crippen molar-refractivity contribution in [2.75, 3.05) is 6.61 Å². The normalized spacial score (nSPS) is 16.0. The van der Waals surface area contributed by atoms with Gasteiger partial charge in [-0.25, -0.2) is 4.79 Å². The summed E-state index contributed by atoms with van der Waals surface area (Å²) in [6, 6.07) is 10.00. The van der Waals surface area contributed by atoms with Crippen LogP contribution in [0.2, 0.25) is 0 Å². The first-order valence-electron chi connectivity index (χ1n) is 9.22. The molecule has 1 heterocycles. The topological polar surface area (TPSA) is 60.3 Å². The maximum absolute atomic E-state index is 12.3. The van der Waals surface area contributed by atoms with Gasteiger partial charge in [-0.05, 0) is 57.2 Å². The highest BCUT2D eigenvalue weighted by molar-refractivity contribution is 5.92. The minimum absolute atomic E-state index is 0.00342.